The average Bonchev–Trinajstić information content (AvgIpc) is 3.10. The Balaban J connectivity index is 0.00000378. The van der Waals surface area contributed by atoms with Crippen molar-refractivity contribution in [2.24, 2.45) is 27.8 Å². The Kier molecular flexibility index (Phi) is 15.0. The first-order valence-corrected chi connectivity index (χ1v) is 17.4. The van der Waals surface area contributed by atoms with Crippen LogP contribution in [0.3, 0.4) is 0 Å². The van der Waals surface area contributed by atoms with Crippen molar-refractivity contribution in [3.63, 3.8) is 0 Å². The number of aliphatic hydroxyl groups is 5. The number of hydrogen-bond donors (Lipinski definition) is 6. The van der Waals surface area contributed by atoms with Gasteiger partial charge >= 0.3 is 5.97 Å². The summed E-state index contributed by atoms with van der Waals surface area (Å²) >= 11 is 0. The first-order valence-electron chi connectivity index (χ1n) is 17.4. The molecule has 0 aromatic heterocycles. The molecule has 12 atom stereocenters. The van der Waals surface area contributed by atoms with Crippen LogP contribution in [0.4, 0.5) is 0 Å². The predicted octanol–water partition coefficient (Wildman–Crippen LogP) is 1.24. The zero-order valence-electron chi connectivity index (χ0n) is 31.2. The molecule has 1 heterocycles. The van der Waals surface area contributed by atoms with Gasteiger partial charge in [0.15, 0.2) is 23.5 Å². The van der Waals surface area contributed by atoms with Crippen LogP contribution in [-0.2, 0) is 28.7 Å². The molecule has 286 valence electrons. The van der Waals surface area contributed by atoms with E-state index in [1.54, 1.807) is 58.0 Å². The van der Waals surface area contributed by atoms with Crippen LogP contribution in [0.15, 0.2) is 46.7 Å². The van der Waals surface area contributed by atoms with Crippen molar-refractivity contribution in [2.75, 3.05) is 13.2 Å². The smallest absolute Gasteiger partial charge is 0.337 e. The van der Waals surface area contributed by atoms with Crippen molar-refractivity contribution < 1.29 is 142 Å². The van der Waals surface area contributed by atoms with E-state index >= 15 is 0 Å². The molecule has 1 saturated heterocycles. The van der Waals surface area contributed by atoms with Crippen LogP contribution in [0.25, 0.3) is 0 Å². The van der Waals surface area contributed by atoms with Crippen LogP contribution >= 0.6 is 0 Å². The van der Waals surface area contributed by atoms with Gasteiger partial charge in [0.2, 0.25) is 5.54 Å². The number of rotatable bonds is 11. The molecule has 6 N–H and O–H groups in total. The molecule has 2 radical (unpaired) electrons. The summed E-state index contributed by atoms with van der Waals surface area (Å²) in [5.41, 5.74) is -7.79. The minimum Gasteiger partial charge on any atom is -0.456 e. The van der Waals surface area contributed by atoms with E-state index in [1.165, 1.54) is 13.8 Å². The number of benzene rings is 1. The summed E-state index contributed by atoms with van der Waals surface area (Å²) in [5.74, 6) is -5.42. The third-order valence-corrected chi connectivity index (χ3v) is 12.9. The monoisotopic (exact) mass is 1170 g/mol. The molecule has 0 amide bonds. The number of esters is 1. The number of carbonyl (C=O) groups is 4. The molecule has 12 unspecified atom stereocenters. The van der Waals surface area contributed by atoms with Gasteiger partial charge in [0.25, 0.3) is 0 Å². The summed E-state index contributed by atoms with van der Waals surface area (Å²) in [5, 5.41) is 64.8. The van der Waals surface area contributed by atoms with E-state index in [9.17, 15) is 49.6 Å². The van der Waals surface area contributed by atoms with Crippen molar-refractivity contribution in [3.05, 3.63) is 51.9 Å². The third-order valence-electron chi connectivity index (χ3n) is 12.9. The molecule has 53 heavy (non-hydrogen) atoms. The molecule has 5 rings (SSSR count). The first-order chi connectivity index (χ1) is 23.7. The van der Waals surface area contributed by atoms with E-state index in [2.05, 4.69) is 10.5 Å². The number of ketones is 3. The number of nitrogens with one attached hydrogen (secondary N) is 1. The first kappa shape index (κ1) is 47.0. The van der Waals surface area contributed by atoms with Crippen molar-refractivity contribution in [1.82, 2.24) is 5.32 Å². The number of fused-ring (bicyclic) bond motifs is 5. The molecular formula is C37H50Ac2N2O12. The minimum atomic E-state index is -2.17. The minimum absolute atomic E-state index is 0. The molecule has 2 bridgehead atoms. The summed E-state index contributed by atoms with van der Waals surface area (Å²) in [6, 6.07) is 6.90. The fourth-order valence-electron chi connectivity index (χ4n) is 9.51. The van der Waals surface area contributed by atoms with Crippen LogP contribution in [0.2, 0.25) is 0 Å². The SMILES string of the molecule is CCC(=O)C(C)(N=O)C(=O)CNC(c1ccccc1)C(O)C(=O)OC1CC2(O)C(C)C3C4(O)COC4CC(O)C3(C)C(=O)C(O)C(=C1C)C2(C)C.[Ac].[Ac]. The maximum atomic E-state index is 14.3. The topological polar surface area (TPSA) is 229 Å². The van der Waals surface area contributed by atoms with Crippen molar-refractivity contribution in [1.29, 1.82) is 0 Å². The number of aliphatic hydroxyl groups excluding tert-OH is 3. The second kappa shape index (κ2) is 16.9. The Morgan fingerprint density at radius 2 is 1.70 bits per heavy atom. The van der Waals surface area contributed by atoms with Crippen molar-refractivity contribution in [2.45, 2.75) is 121 Å². The van der Waals surface area contributed by atoms with Crippen molar-refractivity contribution in [3.8, 4) is 0 Å². The molecule has 3 fully saturated rings. The fraction of sp³-hybridized carbons (Fsp3) is 0.676. The number of nitroso groups, excluding NO2 is 1. The Hall–Kier alpha value is -0.357. The normalized spacial score (nSPS) is 36.6. The van der Waals surface area contributed by atoms with Crippen LogP contribution in [-0.4, -0.2) is 109 Å². The molecule has 3 aliphatic carbocycles. The summed E-state index contributed by atoms with van der Waals surface area (Å²) in [6.07, 6.45) is -7.53. The van der Waals surface area contributed by atoms with Crippen LogP contribution in [0.5, 0.6) is 0 Å². The van der Waals surface area contributed by atoms with Crippen LogP contribution in [0, 0.1) is 116 Å². The maximum Gasteiger partial charge on any atom is 0.337 e. The van der Waals surface area contributed by atoms with Crippen LogP contribution in [0.1, 0.15) is 79.3 Å². The van der Waals surface area contributed by atoms with Gasteiger partial charge in [-0.3, -0.25) is 14.4 Å². The molecular weight excluding hydrogens is 1120 g/mol. The van der Waals surface area contributed by atoms with Gasteiger partial charge in [0, 0.05) is 119 Å². The van der Waals surface area contributed by atoms with Gasteiger partial charge in [-0.05, 0) is 48.6 Å². The summed E-state index contributed by atoms with van der Waals surface area (Å²) in [6.45, 7) is 9.94. The number of carbonyl (C=O) groups excluding carboxylic acids is 4. The predicted molar refractivity (Wildman–Crippen MR) is 181 cm³/mol. The third kappa shape index (κ3) is 7.34. The van der Waals surface area contributed by atoms with E-state index < -0.39 is 106 Å². The number of nitrogens with zero attached hydrogens (tertiary/aromatic N) is 1. The summed E-state index contributed by atoms with van der Waals surface area (Å²) in [4.78, 5) is 65.2. The fourth-order valence-corrected chi connectivity index (χ4v) is 9.51. The van der Waals surface area contributed by atoms with Gasteiger partial charge in [-0.1, -0.05) is 58.0 Å². The molecule has 1 aliphatic heterocycles. The molecule has 2 saturated carbocycles. The van der Waals surface area contributed by atoms with E-state index in [0.29, 0.717) is 5.56 Å². The molecule has 1 aromatic carbocycles. The maximum absolute atomic E-state index is 14.3. The van der Waals surface area contributed by atoms with E-state index in [4.69, 9.17) is 9.47 Å². The Morgan fingerprint density at radius 1 is 1.09 bits per heavy atom. The standard InChI is InChI=1S/C37H50N2O12.2Ac/c1-8-22(40)35(7,39-49)24(42)16-38-27(20-12-10-9-11-13-20)29(44)32(46)51-21-15-37(48)19(3)30-34(6,23(41)14-25-36(30,47)17-50-25)31(45)28(43)26(18(21)2)33(37,4)5;;/h9-13,19,21,23,25,27-30,38,41,43-44,47-48H,8,14-17H2,1-7H3;;. The van der Waals surface area contributed by atoms with E-state index in [-0.39, 0.29) is 125 Å². The largest absolute Gasteiger partial charge is 0.456 e. The molecule has 16 heteroatoms. The molecule has 0 spiro atoms. The number of ether oxygens (including phenoxy) is 2. The van der Waals surface area contributed by atoms with Gasteiger partial charge in [0.05, 0.1) is 42.4 Å². The summed E-state index contributed by atoms with van der Waals surface area (Å²) in [7, 11) is 0. The quantitative estimate of drug-likeness (QED) is 0.0795. The molecule has 1 aromatic rings. The Morgan fingerprint density at radius 3 is 2.23 bits per heavy atom. The van der Waals surface area contributed by atoms with Gasteiger partial charge in [0.1, 0.15) is 17.8 Å². The van der Waals surface area contributed by atoms with Crippen molar-refractivity contribution >= 4 is 23.3 Å². The average molecular weight is 1170 g/mol. The van der Waals surface area contributed by atoms with Gasteiger partial charge in [-0.15, -0.1) is 4.91 Å². The summed E-state index contributed by atoms with van der Waals surface area (Å²) < 4.78 is 11.5. The molecule has 14 nitrogen and oxygen atoms in total. The number of Topliss-reactive ketones (excluding diaryl/α,β-unsaturated/α-hetero) is 3. The van der Waals surface area contributed by atoms with Crippen LogP contribution < -0.4 is 5.32 Å². The van der Waals surface area contributed by atoms with Gasteiger partial charge < -0.3 is 40.3 Å². The van der Waals surface area contributed by atoms with E-state index in [1.807, 2.05) is 0 Å². The Labute approximate surface area is 380 Å². The Bertz CT molecular complexity index is 1640. The van der Waals surface area contributed by atoms with Gasteiger partial charge in [-0.25, -0.2) is 4.79 Å². The second-order valence-electron chi connectivity index (χ2n) is 15.7. The van der Waals surface area contributed by atoms with Gasteiger partial charge in [-0.2, -0.15) is 0 Å². The zero-order valence-corrected chi connectivity index (χ0v) is 40.7. The van der Waals surface area contributed by atoms with E-state index in [0.717, 1.165) is 6.92 Å². The molecule has 4 aliphatic rings. The number of hydrogen-bond acceptors (Lipinski definition) is 14. The zero-order chi connectivity index (χ0) is 38.1. The second-order valence-corrected chi connectivity index (χ2v) is 15.7.